The predicted molar refractivity (Wildman–Crippen MR) is 105 cm³/mol. The van der Waals surface area contributed by atoms with Crippen LogP contribution < -0.4 is 11.1 Å². The van der Waals surface area contributed by atoms with Gasteiger partial charge in [-0.05, 0) is 44.6 Å². The molecule has 2 aliphatic rings. The summed E-state index contributed by atoms with van der Waals surface area (Å²) in [6, 6.07) is 2.03. The number of hydrogen-bond acceptors (Lipinski definition) is 7. The van der Waals surface area contributed by atoms with Crippen LogP contribution in [0.1, 0.15) is 49.4 Å². The molecule has 0 saturated heterocycles. The van der Waals surface area contributed by atoms with E-state index in [1.165, 1.54) is 32.1 Å². The fourth-order valence-electron chi connectivity index (χ4n) is 3.51. The topological polar surface area (TPSA) is 89.6 Å². The first-order valence-corrected chi connectivity index (χ1v) is 10.1. The lowest BCUT2D eigenvalue weighted by Crippen LogP contribution is -2.22. The van der Waals surface area contributed by atoms with Crippen LogP contribution in [-0.4, -0.2) is 26.5 Å². The number of hydrogen-bond donors (Lipinski definition) is 2. The predicted octanol–water partition coefficient (Wildman–Crippen LogP) is 4.13. The molecule has 2 fully saturated rings. The highest BCUT2D eigenvalue weighted by molar-refractivity contribution is 7.21. The summed E-state index contributed by atoms with van der Waals surface area (Å²) in [6.45, 7) is 2.91. The van der Waals surface area contributed by atoms with Crippen LogP contribution in [0.4, 0.5) is 11.8 Å². The SMILES string of the molecule is Cc1nc(NCC2CCC2)nc(N)c1-c1nc2c(C3CC3)nccc2s1. The maximum atomic E-state index is 6.30. The molecule has 7 heteroatoms. The number of anilines is 2. The highest BCUT2D eigenvalue weighted by Gasteiger charge is 2.28. The minimum absolute atomic E-state index is 0.494. The van der Waals surface area contributed by atoms with Crippen molar-refractivity contribution < 1.29 is 0 Å². The third-order valence-electron chi connectivity index (χ3n) is 5.40. The van der Waals surface area contributed by atoms with Crippen molar-refractivity contribution in [1.29, 1.82) is 0 Å². The Balaban J connectivity index is 1.49. The van der Waals surface area contributed by atoms with Crippen LogP contribution in [0.5, 0.6) is 0 Å². The highest BCUT2D eigenvalue weighted by Crippen LogP contribution is 2.44. The first kappa shape index (κ1) is 15.9. The smallest absolute Gasteiger partial charge is 0.224 e. The van der Waals surface area contributed by atoms with Crippen LogP contribution in [0.15, 0.2) is 12.3 Å². The molecule has 6 nitrogen and oxygen atoms in total. The van der Waals surface area contributed by atoms with Gasteiger partial charge in [-0.15, -0.1) is 11.3 Å². The van der Waals surface area contributed by atoms with Gasteiger partial charge >= 0.3 is 0 Å². The zero-order valence-electron chi connectivity index (χ0n) is 14.8. The molecular formula is C19H22N6S. The number of thiazole rings is 1. The monoisotopic (exact) mass is 366 g/mol. The second-order valence-electron chi connectivity index (χ2n) is 7.41. The van der Waals surface area contributed by atoms with Gasteiger partial charge in [0.05, 0.1) is 21.7 Å². The molecule has 0 radical (unpaired) electrons. The van der Waals surface area contributed by atoms with Crippen molar-refractivity contribution in [2.45, 2.75) is 44.9 Å². The largest absolute Gasteiger partial charge is 0.383 e. The molecule has 0 aromatic carbocycles. The fourth-order valence-corrected chi connectivity index (χ4v) is 4.58. The molecule has 26 heavy (non-hydrogen) atoms. The van der Waals surface area contributed by atoms with Crippen molar-refractivity contribution in [2.75, 3.05) is 17.6 Å². The van der Waals surface area contributed by atoms with Gasteiger partial charge in [-0.2, -0.15) is 4.98 Å². The third kappa shape index (κ3) is 2.80. The summed E-state index contributed by atoms with van der Waals surface area (Å²) in [5.41, 5.74) is 10.2. The Morgan fingerprint density at radius 2 is 2.04 bits per heavy atom. The van der Waals surface area contributed by atoms with Crippen LogP contribution in [0.3, 0.4) is 0 Å². The van der Waals surface area contributed by atoms with Gasteiger partial charge in [-0.3, -0.25) is 4.98 Å². The Morgan fingerprint density at radius 3 is 2.73 bits per heavy atom. The molecule has 3 heterocycles. The molecule has 3 N–H and O–H groups in total. The molecular weight excluding hydrogens is 344 g/mol. The normalized spacial score (nSPS) is 17.4. The van der Waals surface area contributed by atoms with Crippen molar-refractivity contribution in [1.82, 2.24) is 19.9 Å². The van der Waals surface area contributed by atoms with Gasteiger partial charge in [-0.1, -0.05) is 6.42 Å². The maximum absolute atomic E-state index is 6.30. The van der Waals surface area contributed by atoms with Gasteiger partial charge in [0, 0.05) is 18.7 Å². The molecule has 0 bridgehead atoms. The van der Waals surface area contributed by atoms with Crippen molar-refractivity contribution in [3.8, 4) is 10.6 Å². The van der Waals surface area contributed by atoms with Crippen molar-refractivity contribution in [3.05, 3.63) is 23.7 Å². The van der Waals surface area contributed by atoms with Crippen LogP contribution in [-0.2, 0) is 0 Å². The molecule has 134 valence electrons. The van der Waals surface area contributed by atoms with E-state index in [1.54, 1.807) is 11.3 Å². The third-order valence-corrected chi connectivity index (χ3v) is 6.44. The van der Waals surface area contributed by atoms with E-state index >= 15 is 0 Å². The average Bonchev–Trinajstić information content (AvgIpc) is 3.31. The zero-order valence-corrected chi connectivity index (χ0v) is 15.6. The second-order valence-corrected chi connectivity index (χ2v) is 8.44. The Morgan fingerprint density at radius 1 is 1.19 bits per heavy atom. The van der Waals surface area contributed by atoms with E-state index in [9.17, 15) is 0 Å². The quantitative estimate of drug-likeness (QED) is 0.706. The van der Waals surface area contributed by atoms with Crippen LogP contribution >= 0.6 is 11.3 Å². The van der Waals surface area contributed by atoms with E-state index in [1.807, 2.05) is 19.2 Å². The molecule has 2 aliphatic carbocycles. The van der Waals surface area contributed by atoms with Gasteiger partial charge in [0.25, 0.3) is 0 Å². The Labute approximate surface area is 156 Å². The molecule has 3 aromatic heterocycles. The van der Waals surface area contributed by atoms with Gasteiger partial charge < -0.3 is 11.1 Å². The number of fused-ring (bicyclic) bond motifs is 1. The van der Waals surface area contributed by atoms with Gasteiger partial charge in [-0.25, -0.2) is 9.97 Å². The number of aromatic nitrogens is 4. The number of pyridine rings is 1. The van der Waals surface area contributed by atoms with Gasteiger partial charge in [0.2, 0.25) is 5.95 Å². The Hall–Kier alpha value is -2.28. The molecule has 2 saturated carbocycles. The summed E-state index contributed by atoms with van der Waals surface area (Å²) in [5.74, 6) is 2.43. The van der Waals surface area contributed by atoms with Crippen LogP contribution in [0.2, 0.25) is 0 Å². The lowest BCUT2D eigenvalue weighted by atomic mass is 9.85. The first-order chi connectivity index (χ1) is 12.7. The van der Waals surface area contributed by atoms with E-state index < -0.39 is 0 Å². The van der Waals surface area contributed by atoms with Gasteiger partial charge in [0.15, 0.2) is 0 Å². The maximum Gasteiger partial charge on any atom is 0.224 e. The van der Waals surface area contributed by atoms with E-state index in [0.29, 0.717) is 17.7 Å². The molecule has 0 atom stereocenters. The van der Waals surface area contributed by atoms with E-state index in [-0.39, 0.29) is 0 Å². The number of nitrogen functional groups attached to an aromatic ring is 1. The summed E-state index contributed by atoms with van der Waals surface area (Å²) in [5, 5.41) is 4.22. The Kier molecular flexibility index (Phi) is 3.77. The summed E-state index contributed by atoms with van der Waals surface area (Å²) in [6.07, 6.45) is 8.24. The summed E-state index contributed by atoms with van der Waals surface area (Å²) in [7, 11) is 0. The standard InChI is InChI=1S/C19H22N6S/c1-10-14(17(20)25-19(23-10)22-9-11-3-2-4-11)18-24-16-13(26-18)7-8-21-15(16)12-5-6-12/h7-8,11-12H,2-6,9H2,1H3,(H3,20,22,23,25). The van der Waals surface area contributed by atoms with E-state index in [0.717, 1.165) is 44.6 Å². The van der Waals surface area contributed by atoms with Crippen LogP contribution in [0.25, 0.3) is 20.8 Å². The van der Waals surface area contributed by atoms with Crippen molar-refractivity contribution in [3.63, 3.8) is 0 Å². The van der Waals surface area contributed by atoms with Crippen LogP contribution in [0, 0.1) is 12.8 Å². The Bertz CT molecular complexity index is 950. The second kappa shape index (κ2) is 6.16. The number of nitrogens with one attached hydrogen (secondary N) is 1. The van der Waals surface area contributed by atoms with E-state index in [2.05, 4.69) is 20.3 Å². The number of aryl methyl sites for hydroxylation is 1. The average molecular weight is 366 g/mol. The van der Waals surface area contributed by atoms with Crippen molar-refractivity contribution >= 4 is 33.3 Å². The fraction of sp³-hybridized carbons (Fsp3) is 0.474. The number of nitrogens with two attached hydrogens (primary N) is 1. The zero-order chi connectivity index (χ0) is 17.7. The molecule has 0 amide bonds. The first-order valence-electron chi connectivity index (χ1n) is 9.33. The minimum atomic E-state index is 0.494. The summed E-state index contributed by atoms with van der Waals surface area (Å²) >= 11 is 1.64. The molecule has 0 unspecified atom stereocenters. The number of rotatable bonds is 5. The molecule has 5 rings (SSSR count). The lowest BCUT2D eigenvalue weighted by molar-refractivity contribution is 0.333. The summed E-state index contributed by atoms with van der Waals surface area (Å²) in [4.78, 5) is 18.5. The summed E-state index contributed by atoms with van der Waals surface area (Å²) < 4.78 is 1.16. The van der Waals surface area contributed by atoms with Crippen molar-refractivity contribution in [2.24, 2.45) is 5.92 Å². The molecule has 0 aliphatic heterocycles. The van der Waals surface area contributed by atoms with E-state index in [4.69, 9.17) is 10.7 Å². The van der Waals surface area contributed by atoms with Gasteiger partial charge in [0.1, 0.15) is 16.3 Å². The number of nitrogens with zero attached hydrogens (tertiary/aromatic N) is 4. The molecule has 0 spiro atoms. The molecule has 3 aromatic rings. The minimum Gasteiger partial charge on any atom is -0.383 e. The lowest BCUT2D eigenvalue weighted by Gasteiger charge is -2.25. The highest BCUT2D eigenvalue weighted by atomic mass is 32.1.